The SMILES string of the molecule is CC(C)Oc1ccc(-c2nc(O[C@@H]3C[C@H]4C(=O)N[C@]5(C(=O)NS(=O)(=O)C6CC6)C[C@H]5/C=C\CCCCC[C@H](Nc5cccc(F)c5)C(=O)N4C3)c3oc4ccccc4c3n2)cc1. The van der Waals surface area contributed by atoms with E-state index in [4.69, 9.17) is 23.9 Å². The number of benzene rings is 3. The minimum Gasteiger partial charge on any atom is -0.491 e. The number of anilines is 1. The third kappa shape index (κ3) is 8.56. The van der Waals surface area contributed by atoms with Crippen LogP contribution >= 0.6 is 0 Å². The number of sulfonamides is 1. The number of nitrogens with zero attached hydrogens (tertiary/aromatic N) is 3. The van der Waals surface area contributed by atoms with E-state index in [1.54, 1.807) is 12.1 Å². The molecule has 2 saturated carbocycles. The van der Waals surface area contributed by atoms with E-state index in [-0.39, 0.29) is 31.4 Å². The fraction of sp³-hybridized carbons (Fsp3) is 0.413. The van der Waals surface area contributed by atoms with Gasteiger partial charge < -0.3 is 29.4 Å². The monoisotopic (exact) mass is 864 g/mol. The number of aromatic nitrogens is 2. The highest BCUT2D eigenvalue weighted by atomic mass is 32.2. The van der Waals surface area contributed by atoms with Crippen molar-refractivity contribution in [2.24, 2.45) is 5.92 Å². The van der Waals surface area contributed by atoms with Crippen LogP contribution in [0.25, 0.3) is 33.5 Å². The lowest BCUT2D eigenvalue weighted by Gasteiger charge is -2.30. The van der Waals surface area contributed by atoms with Crippen molar-refractivity contribution in [1.82, 2.24) is 24.9 Å². The van der Waals surface area contributed by atoms with E-state index in [1.807, 2.05) is 74.5 Å². The molecule has 1 saturated heterocycles. The van der Waals surface area contributed by atoms with Crippen LogP contribution < -0.4 is 24.8 Å². The van der Waals surface area contributed by atoms with E-state index < -0.39 is 68.5 Å². The topological polar surface area (TPSA) is 182 Å². The first-order valence-corrected chi connectivity index (χ1v) is 22.9. The standard InChI is InChI=1S/C46H49FN6O8S/c1-27(2)59-32-19-17-28(18-20-32)41-49-39-35-14-8-9-16-38(35)61-40(39)43(50-41)60-33-24-37-42(54)51-46(45(56)52-62(57,58)34-21-22-34)25-29(46)11-6-4-3-5-7-15-36(44(55)53(37)26-33)48-31-13-10-12-30(47)23-31/h6,8-14,16-20,23,27,29,33-34,36-37,48H,3-5,7,15,21-22,24-26H2,1-2H3,(H,51,54)(H,52,56)/b11-6-/t29-,33-,36+,37+,46-/m1/s1. The summed E-state index contributed by atoms with van der Waals surface area (Å²) in [7, 11) is -3.92. The predicted molar refractivity (Wildman–Crippen MR) is 230 cm³/mol. The van der Waals surface area contributed by atoms with Crippen LogP contribution in [0.4, 0.5) is 10.1 Å². The first-order valence-electron chi connectivity index (χ1n) is 21.4. The average Bonchev–Trinajstić information content (AvgIpc) is 4.14. The number of hydrogen-bond donors (Lipinski definition) is 3. The lowest BCUT2D eigenvalue weighted by molar-refractivity contribution is -0.140. The molecule has 14 nitrogen and oxygen atoms in total. The van der Waals surface area contributed by atoms with Gasteiger partial charge >= 0.3 is 0 Å². The van der Waals surface area contributed by atoms with Crippen molar-refractivity contribution < 1.29 is 41.1 Å². The maximum atomic E-state index is 14.8. The second-order valence-electron chi connectivity index (χ2n) is 17.0. The largest absolute Gasteiger partial charge is 0.491 e. The quantitative estimate of drug-likeness (QED) is 0.126. The lowest BCUT2D eigenvalue weighted by atomic mass is 10.0. The highest BCUT2D eigenvalue weighted by Crippen LogP contribution is 2.46. The highest BCUT2D eigenvalue weighted by Gasteiger charge is 2.62. The van der Waals surface area contributed by atoms with E-state index in [9.17, 15) is 27.2 Å². The number of para-hydroxylation sites is 1. The summed E-state index contributed by atoms with van der Waals surface area (Å²) in [6.45, 7) is 3.85. The summed E-state index contributed by atoms with van der Waals surface area (Å²) in [5.41, 5.74) is 0.959. The van der Waals surface area contributed by atoms with Crippen molar-refractivity contribution in [3.63, 3.8) is 0 Å². The van der Waals surface area contributed by atoms with Crippen LogP contribution in [-0.4, -0.2) is 82.6 Å². The highest BCUT2D eigenvalue weighted by molar-refractivity contribution is 7.91. The van der Waals surface area contributed by atoms with Gasteiger partial charge in [0.1, 0.15) is 46.4 Å². The molecule has 3 fully saturated rings. The third-order valence-electron chi connectivity index (χ3n) is 12.0. The van der Waals surface area contributed by atoms with Gasteiger partial charge in [0, 0.05) is 29.0 Å². The first kappa shape index (κ1) is 41.3. The van der Waals surface area contributed by atoms with Gasteiger partial charge in [0.05, 0.1) is 17.9 Å². The minimum atomic E-state index is -3.92. The maximum absolute atomic E-state index is 14.8. The molecule has 2 aliphatic heterocycles. The van der Waals surface area contributed by atoms with Crippen molar-refractivity contribution in [3.05, 3.63) is 90.8 Å². The fourth-order valence-electron chi connectivity index (χ4n) is 8.51. The molecule has 9 rings (SSSR count). The number of nitrogens with one attached hydrogen (secondary N) is 3. The van der Waals surface area contributed by atoms with E-state index in [1.165, 1.54) is 17.0 Å². The van der Waals surface area contributed by atoms with Crippen molar-refractivity contribution in [3.8, 4) is 23.0 Å². The molecule has 324 valence electrons. The number of fused-ring (bicyclic) bond motifs is 5. The molecular formula is C46H49FN6O8S. The Bertz CT molecular complexity index is 2670. The second kappa shape index (κ2) is 16.7. The smallest absolute Gasteiger partial charge is 0.262 e. The molecule has 4 aliphatic rings. The maximum Gasteiger partial charge on any atom is 0.262 e. The Morgan fingerprint density at radius 2 is 1.81 bits per heavy atom. The lowest BCUT2D eigenvalue weighted by Crippen LogP contribution is -2.57. The van der Waals surface area contributed by atoms with Crippen molar-refractivity contribution in [2.75, 3.05) is 11.9 Å². The number of ether oxygens (including phenoxy) is 2. The number of allylic oxidation sites excluding steroid dienone is 1. The Kier molecular flexibility index (Phi) is 11.1. The predicted octanol–water partition coefficient (Wildman–Crippen LogP) is 6.80. The van der Waals surface area contributed by atoms with Crippen LogP contribution in [0.2, 0.25) is 0 Å². The molecule has 0 unspecified atom stereocenters. The molecule has 16 heteroatoms. The average molecular weight is 865 g/mol. The molecule has 5 aromatic rings. The van der Waals surface area contributed by atoms with Gasteiger partial charge in [-0.05, 0) is 107 Å². The van der Waals surface area contributed by atoms with Gasteiger partial charge in [0.25, 0.3) is 11.8 Å². The number of halogens is 1. The van der Waals surface area contributed by atoms with Gasteiger partial charge in [-0.1, -0.05) is 43.2 Å². The number of rotatable bonds is 10. The summed E-state index contributed by atoms with van der Waals surface area (Å²) in [4.78, 5) is 54.6. The van der Waals surface area contributed by atoms with Gasteiger partial charge in [-0.2, -0.15) is 4.98 Å². The molecule has 2 aliphatic carbocycles. The second-order valence-corrected chi connectivity index (χ2v) is 19.0. The summed E-state index contributed by atoms with van der Waals surface area (Å²) in [6, 6.07) is 18.7. The molecule has 4 heterocycles. The number of carbonyl (C=O) groups is 3. The molecule has 2 aromatic heterocycles. The Morgan fingerprint density at radius 3 is 2.58 bits per heavy atom. The van der Waals surface area contributed by atoms with Crippen LogP contribution in [0.1, 0.15) is 71.6 Å². The van der Waals surface area contributed by atoms with Crippen molar-refractivity contribution in [2.45, 2.75) is 107 Å². The molecule has 3 aromatic carbocycles. The van der Waals surface area contributed by atoms with Crippen LogP contribution in [0.15, 0.2) is 89.4 Å². The van der Waals surface area contributed by atoms with Crippen LogP contribution in [0, 0.1) is 11.7 Å². The van der Waals surface area contributed by atoms with Crippen molar-refractivity contribution in [1.29, 1.82) is 0 Å². The molecule has 0 spiro atoms. The zero-order chi connectivity index (χ0) is 43.2. The van der Waals surface area contributed by atoms with Crippen LogP contribution in [-0.2, 0) is 24.4 Å². The molecule has 0 bridgehead atoms. The summed E-state index contributed by atoms with van der Waals surface area (Å²) in [6.07, 6.45) is 7.53. The summed E-state index contributed by atoms with van der Waals surface area (Å²) >= 11 is 0. The molecule has 3 amide bonds. The number of carbonyl (C=O) groups excluding carboxylic acids is 3. The first-order chi connectivity index (χ1) is 29.9. The number of amides is 3. The molecule has 0 radical (unpaired) electrons. The summed E-state index contributed by atoms with van der Waals surface area (Å²) < 4.78 is 61.4. The van der Waals surface area contributed by atoms with Crippen molar-refractivity contribution >= 4 is 55.5 Å². The van der Waals surface area contributed by atoms with E-state index in [0.29, 0.717) is 71.6 Å². The number of hydrogen-bond acceptors (Lipinski definition) is 11. The summed E-state index contributed by atoms with van der Waals surface area (Å²) in [5, 5.41) is 6.25. The van der Waals surface area contributed by atoms with Gasteiger partial charge in [0.15, 0.2) is 5.82 Å². The third-order valence-corrected chi connectivity index (χ3v) is 13.8. The van der Waals surface area contributed by atoms with Gasteiger partial charge in [0.2, 0.25) is 27.4 Å². The molecule has 3 N–H and O–H groups in total. The Labute approximate surface area is 358 Å². The minimum absolute atomic E-state index is 0.00509. The Balaban J connectivity index is 1.07. The zero-order valence-electron chi connectivity index (χ0n) is 34.5. The van der Waals surface area contributed by atoms with E-state index >= 15 is 0 Å². The van der Waals surface area contributed by atoms with Gasteiger partial charge in [-0.15, -0.1) is 0 Å². The van der Waals surface area contributed by atoms with Gasteiger partial charge in [-0.3, -0.25) is 19.1 Å². The van der Waals surface area contributed by atoms with Gasteiger partial charge in [-0.25, -0.2) is 17.8 Å². The Morgan fingerprint density at radius 1 is 1.00 bits per heavy atom. The van der Waals surface area contributed by atoms with E-state index in [2.05, 4.69) is 15.4 Å². The van der Waals surface area contributed by atoms with Crippen LogP contribution in [0.3, 0.4) is 0 Å². The fourth-order valence-corrected chi connectivity index (χ4v) is 9.88. The molecule has 5 atom stereocenters. The van der Waals surface area contributed by atoms with E-state index in [0.717, 1.165) is 18.2 Å². The number of furan rings is 1. The zero-order valence-corrected chi connectivity index (χ0v) is 35.3. The molecule has 62 heavy (non-hydrogen) atoms. The van der Waals surface area contributed by atoms with Crippen LogP contribution in [0.5, 0.6) is 11.6 Å². The summed E-state index contributed by atoms with van der Waals surface area (Å²) in [5.74, 6) is -1.57. The molecular weight excluding hydrogens is 816 g/mol. The Hall–Kier alpha value is -6.03. The normalized spacial score (nSPS) is 25.0.